The van der Waals surface area contributed by atoms with Gasteiger partial charge in [-0.15, -0.1) is 0 Å². The number of hydrogen-bond donors (Lipinski definition) is 2. The normalized spacial score (nSPS) is 24.5. The Morgan fingerprint density at radius 1 is 1.26 bits per heavy atom. The maximum absolute atomic E-state index is 13.4. The molecular formula is C25H33N5O4S. The van der Waals surface area contributed by atoms with Gasteiger partial charge in [-0.1, -0.05) is 11.3 Å². The topological polar surface area (TPSA) is 120 Å². The smallest absolute Gasteiger partial charge is 0.257 e. The van der Waals surface area contributed by atoms with E-state index in [1.807, 2.05) is 24.8 Å². The van der Waals surface area contributed by atoms with E-state index in [-0.39, 0.29) is 36.4 Å². The van der Waals surface area contributed by atoms with Gasteiger partial charge in [-0.05, 0) is 58.2 Å². The molecule has 1 spiro atoms. The summed E-state index contributed by atoms with van der Waals surface area (Å²) in [6.45, 7) is 6.43. The molecule has 3 amide bonds. The highest BCUT2D eigenvalue weighted by Gasteiger charge is 2.54. The summed E-state index contributed by atoms with van der Waals surface area (Å²) in [5, 5.41) is 10.5. The molecule has 0 saturated carbocycles. The zero-order valence-electron chi connectivity index (χ0n) is 20.3. The fourth-order valence-corrected chi connectivity index (χ4v) is 7.03. The van der Waals surface area contributed by atoms with Gasteiger partial charge in [0, 0.05) is 43.5 Å². The first-order valence-corrected chi connectivity index (χ1v) is 13.2. The molecule has 0 aromatic carbocycles. The number of anilines is 1. The van der Waals surface area contributed by atoms with Crippen LogP contribution in [0.5, 0.6) is 0 Å². The number of nitrogens with two attached hydrogens (primary N) is 1. The number of fused-ring (bicyclic) bond motifs is 1. The van der Waals surface area contributed by atoms with Crippen molar-refractivity contribution in [3.05, 3.63) is 23.4 Å². The number of aliphatic hydroxyl groups is 1. The van der Waals surface area contributed by atoms with Crippen molar-refractivity contribution in [1.29, 1.82) is 0 Å². The van der Waals surface area contributed by atoms with Gasteiger partial charge in [0.2, 0.25) is 11.8 Å². The number of hydrogen-bond acceptors (Lipinski definition) is 8. The molecule has 10 heteroatoms. The van der Waals surface area contributed by atoms with Crippen LogP contribution in [-0.4, -0.2) is 80.8 Å². The van der Waals surface area contributed by atoms with E-state index >= 15 is 0 Å². The van der Waals surface area contributed by atoms with Crippen LogP contribution in [0.2, 0.25) is 0 Å². The molecule has 3 fully saturated rings. The number of aliphatic hydroxyl groups excluding tert-OH is 1. The molecule has 35 heavy (non-hydrogen) atoms. The molecule has 5 heterocycles. The van der Waals surface area contributed by atoms with Gasteiger partial charge in [-0.2, -0.15) is 0 Å². The van der Waals surface area contributed by atoms with Crippen LogP contribution in [-0.2, 0) is 16.2 Å². The molecule has 3 aliphatic heterocycles. The van der Waals surface area contributed by atoms with Crippen LogP contribution in [0.1, 0.15) is 62.0 Å². The second kappa shape index (κ2) is 9.15. The molecule has 188 valence electrons. The highest BCUT2D eigenvalue weighted by molar-refractivity contribution is 7.22. The summed E-state index contributed by atoms with van der Waals surface area (Å²) in [4.78, 5) is 49.9. The Balaban J connectivity index is 1.26. The molecule has 2 aromatic heterocycles. The number of carbonyl (C=O) groups is 3. The van der Waals surface area contributed by atoms with E-state index in [9.17, 15) is 19.5 Å². The van der Waals surface area contributed by atoms with Crippen molar-refractivity contribution in [3.8, 4) is 0 Å². The van der Waals surface area contributed by atoms with Crippen LogP contribution in [0, 0.1) is 5.41 Å². The van der Waals surface area contributed by atoms with E-state index in [4.69, 9.17) is 5.73 Å². The lowest BCUT2D eigenvalue weighted by Gasteiger charge is -2.45. The SMILES string of the molecule is CC(C)N1C(=O)CC2(CCCN(C3CCN(C(=O)c4c(N)sc5nc(CO)ccc45)CC3)C2)C1=O. The number of pyridine rings is 1. The molecule has 3 aliphatic rings. The average Bonchev–Trinajstić information content (AvgIpc) is 3.29. The van der Waals surface area contributed by atoms with Gasteiger partial charge in [-0.3, -0.25) is 24.2 Å². The van der Waals surface area contributed by atoms with Gasteiger partial charge in [0.25, 0.3) is 5.91 Å². The van der Waals surface area contributed by atoms with E-state index in [1.54, 1.807) is 6.07 Å². The van der Waals surface area contributed by atoms with E-state index in [1.165, 1.54) is 16.2 Å². The number of carbonyl (C=O) groups excluding carboxylic acids is 3. The van der Waals surface area contributed by atoms with Crippen LogP contribution >= 0.6 is 11.3 Å². The molecular weight excluding hydrogens is 466 g/mol. The molecule has 1 atom stereocenters. The standard InChI is InChI=1S/C25H33N5O4S/c1-15(2)30-19(32)12-25(24(30)34)8-3-9-29(14-25)17-6-10-28(11-7-17)23(33)20-18-5-4-16(13-31)27-22(18)35-21(20)26/h4-5,15,17,31H,3,6-14,26H2,1-2H3. The highest BCUT2D eigenvalue weighted by Crippen LogP contribution is 2.43. The van der Waals surface area contributed by atoms with E-state index < -0.39 is 5.41 Å². The Morgan fingerprint density at radius 3 is 2.66 bits per heavy atom. The lowest BCUT2D eigenvalue weighted by atomic mass is 9.77. The summed E-state index contributed by atoms with van der Waals surface area (Å²) in [6.07, 6.45) is 3.64. The Morgan fingerprint density at radius 2 is 2.00 bits per heavy atom. The highest BCUT2D eigenvalue weighted by atomic mass is 32.1. The van der Waals surface area contributed by atoms with Crippen LogP contribution in [0.25, 0.3) is 10.2 Å². The maximum Gasteiger partial charge on any atom is 0.257 e. The van der Waals surface area contributed by atoms with Gasteiger partial charge in [0.05, 0.1) is 23.3 Å². The van der Waals surface area contributed by atoms with Crippen molar-refractivity contribution in [2.75, 3.05) is 31.9 Å². The summed E-state index contributed by atoms with van der Waals surface area (Å²) in [7, 11) is 0. The van der Waals surface area contributed by atoms with Crippen molar-refractivity contribution >= 4 is 44.3 Å². The Labute approximate surface area is 208 Å². The number of rotatable bonds is 4. The first-order valence-electron chi connectivity index (χ1n) is 12.4. The van der Waals surface area contributed by atoms with E-state index in [2.05, 4.69) is 9.88 Å². The molecule has 3 N–H and O–H groups in total. The van der Waals surface area contributed by atoms with Crippen molar-refractivity contribution in [2.45, 2.75) is 64.6 Å². The molecule has 5 rings (SSSR count). The number of aromatic nitrogens is 1. The van der Waals surface area contributed by atoms with Crippen molar-refractivity contribution in [2.24, 2.45) is 5.41 Å². The minimum Gasteiger partial charge on any atom is -0.390 e. The fourth-order valence-electron chi connectivity index (χ4n) is 6.08. The third kappa shape index (κ3) is 4.11. The van der Waals surface area contributed by atoms with Crippen LogP contribution in [0.3, 0.4) is 0 Å². The summed E-state index contributed by atoms with van der Waals surface area (Å²) in [5.74, 6) is -0.133. The Kier molecular flexibility index (Phi) is 6.31. The third-order valence-corrected chi connectivity index (χ3v) is 8.77. The van der Waals surface area contributed by atoms with Gasteiger partial charge >= 0.3 is 0 Å². The van der Waals surface area contributed by atoms with Crippen LogP contribution < -0.4 is 5.73 Å². The first kappa shape index (κ1) is 24.1. The summed E-state index contributed by atoms with van der Waals surface area (Å²) < 4.78 is 0. The number of piperidine rings is 2. The molecule has 3 saturated heterocycles. The quantitative estimate of drug-likeness (QED) is 0.619. The monoisotopic (exact) mass is 499 g/mol. The summed E-state index contributed by atoms with van der Waals surface area (Å²) in [5.41, 5.74) is 6.68. The largest absolute Gasteiger partial charge is 0.390 e. The molecule has 0 radical (unpaired) electrons. The average molecular weight is 500 g/mol. The van der Waals surface area contributed by atoms with Crippen molar-refractivity contribution in [3.63, 3.8) is 0 Å². The molecule has 0 aliphatic carbocycles. The van der Waals surface area contributed by atoms with Gasteiger partial charge in [0.15, 0.2) is 0 Å². The van der Waals surface area contributed by atoms with Gasteiger partial charge in [-0.25, -0.2) is 4.98 Å². The predicted octanol–water partition coefficient (Wildman–Crippen LogP) is 2.22. The Bertz CT molecular complexity index is 1170. The van der Waals surface area contributed by atoms with E-state index in [0.29, 0.717) is 47.1 Å². The lowest BCUT2D eigenvalue weighted by molar-refractivity contribution is -0.145. The number of thiophene rings is 1. The maximum atomic E-state index is 13.4. The number of amides is 3. The number of imide groups is 1. The van der Waals surface area contributed by atoms with Crippen LogP contribution in [0.4, 0.5) is 5.00 Å². The number of nitrogens with zero attached hydrogens (tertiary/aromatic N) is 4. The van der Waals surface area contributed by atoms with Crippen molar-refractivity contribution < 1.29 is 19.5 Å². The molecule has 0 bridgehead atoms. The molecule has 2 aromatic rings. The minimum atomic E-state index is -0.586. The first-order chi connectivity index (χ1) is 16.7. The van der Waals surface area contributed by atoms with Gasteiger partial charge < -0.3 is 15.7 Å². The third-order valence-electron chi connectivity index (χ3n) is 7.84. The second-order valence-corrected chi connectivity index (χ2v) is 11.4. The summed E-state index contributed by atoms with van der Waals surface area (Å²) >= 11 is 1.27. The Hall–Kier alpha value is -2.56. The molecule has 9 nitrogen and oxygen atoms in total. The lowest BCUT2D eigenvalue weighted by Crippen LogP contribution is -2.54. The molecule has 1 unspecified atom stereocenters. The summed E-state index contributed by atoms with van der Waals surface area (Å²) in [6, 6.07) is 3.72. The fraction of sp³-hybridized carbons (Fsp3) is 0.600. The zero-order chi connectivity index (χ0) is 24.9. The second-order valence-electron chi connectivity index (χ2n) is 10.4. The minimum absolute atomic E-state index is 0.00686. The number of likely N-dealkylation sites (tertiary alicyclic amines) is 3. The van der Waals surface area contributed by atoms with E-state index in [0.717, 1.165) is 37.6 Å². The van der Waals surface area contributed by atoms with Crippen LogP contribution in [0.15, 0.2) is 12.1 Å². The predicted molar refractivity (Wildman–Crippen MR) is 134 cm³/mol. The zero-order valence-corrected chi connectivity index (χ0v) is 21.1. The van der Waals surface area contributed by atoms with Gasteiger partial charge in [0.1, 0.15) is 9.83 Å². The number of nitrogen functional groups attached to an aromatic ring is 1. The van der Waals surface area contributed by atoms with Crippen molar-refractivity contribution in [1.82, 2.24) is 19.7 Å².